The quantitative estimate of drug-likeness (QED) is 0.186. The average molecular weight is 611 g/mol. The van der Waals surface area contributed by atoms with Crippen LogP contribution in [0.25, 0.3) is 66.1 Å². The number of rotatable bonds is 4. The van der Waals surface area contributed by atoms with Gasteiger partial charge in [0.15, 0.2) is 0 Å². The van der Waals surface area contributed by atoms with Crippen LogP contribution in [0.1, 0.15) is 27.7 Å². The van der Waals surface area contributed by atoms with Gasteiger partial charge in [-0.05, 0) is 93.4 Å². The highest BCUT2D eigenvalue weighted by Gasteiger charge is 2.52. The molecule has 8 aromatic rings. The van der Waals surface area contributed by atoms with Crippen LogP contribution in [-0.2, 0) is 9.31 Å². The Bertz CT molecular complexity index is 2470. The molecular weight excluding hydrogens is 575 g/mol. The highest BCUT2D eigenvalue weighted by molar-refractivity contribution is 6.63. The predicted molar refractivity (Wildman–Crippen MR) is 196 cm³/mol. The molecule has 5 heteroatoms. The second-order valence-electron chi connectivity index (χ2n) is 13.7. The SMILES string of the molecule is CC1(C)OB(c2ccccc2-n2c3ccccc3c3cc(-c4ccc5c(c4)c4ccccc4n5-c4ccccc4)ccc32)OC1(C)C. The molecule has 6 aromatic carbocycles. The number of aromatic nitrogens is 2. The topological polar surface area (TPSA) is 28.3 Å². The van der Waals surface area contributed by atoms with Gasteiger partial charge < -0.3 is 18.4 Å². The fourth-order valence-corrected chi connectivity index (χ4v) is 7.28. The first-order valence-corrected chi connectivity index (χ1v) is 16.4. The Labute approximate surface area is 274 Å². The lowest BCUT2D eigenvalue weighted by Crippen LogP contribution is -2.41. The average Bonchev–Trinajstić information content (AvgIpc) is 3.68. The van der Waals surface area contributed by atoms with Crippen LogP contribution in [0.3, 0.4) is 0 Å². The van der Waals surface area contributed by atoms with E-state index in [1.165, 1.54) is 49.4 Å². The minimum atomic E-state index is -0.462. The molecular formula is C42H35BN2O2. The molecule has 0 saturated carbocycles. The van der Waals surface area contributed by atoms with Crippen LogP contribution in [-0.4, -0.2) is 27.5 Å². The molecule has 3 heterocycles. The van der Waals surface area contributed by atoms with Crippen LogP contribution in [0.4, 0.5) is 0 Å². The molecule has 0 amide bonds. The number of nitrogens with zero attached hydrogens (tertiary/aromatic N) is 2. The Morgan fingerprint density at radius 2 is 0.915 bits per heavy atom. The Morgan fingerprint density at radius 3 is 1.53 bits per heavy atom. The van der Waals surface area contributed by atoms with Crippen molar-refractivity contribution < 1.29 is 9.31 Å². The van der Waals surface area contributed by atoms with E-state index in [9.17, 15) is 0 Å². The lowest BCUT2D eigenvalue weighted by Gasteiger charge is -2.32. The van der Waals surface area contributed by atoms with Crippen molar-refractivity contribution in [2.45, 2.75) is 38.9 Å². The molecule has 0 bridgehead atoms. The summed E-state index contributed by atoms with van der Waals surface area (Å²) in [5.74, 6) is 0. The Hall–Kier alpha value is -5.10. The van der Waals surface area contributed by atoms with Crippen LogP contribution in [0, 0.1) is 0 Å². The van der Waals surface area contributed by atoms with Crippen molar-refractivity contribution >= 4 is 56.2 Å². The van der Waals surface area contributed by atoms with E-state index in [1.54, 1.807) is 0 Å². The largest absolute Gasteiger partial charge is 0.496 e. The van der Waals surface area contributed by atoms with E-state index in [-0.39, 0.29) is 0 Å². The molecule has 1 saturated heterocycles. The summed E-state index contributed by atoms with van der Waals surface area (Å²) in [6.45, 7) is 8.42. The maximum atomic E-state index is 6.55. The minimum absolute atomic E-state index is 0.422. The van der Waals surface area contributed by atoms with Gasteiger partial charge >= 0.3 is 7.12 Å². The molecule has 0 atom stereocenters. The summed E-state index contributed by atoms with van der Waals surface area (Å²) in [4.78, 5) is 0. The fraction of sp³-hybridized carbons (Fsp3) is 0.143. The highest BCUT2D eigenvalue weighted by Crippen LogP contribution is 2.40. The normalized spacial score (nSPS) is 15.8. The summed E-state index contributed by atoms with van der Waals surface area (Å²) in [5, 5.41) is 4.94. The van der Waals surface area contributed by atoms with E-state index in [4.69, 9.17) is 9.31 Å². The summed E-state index contributed by atoms with van der Waals surface area (Å²) < 4.78 is 17.8. The first-order valence-electron chi connectivity index (χ1n) is 16.4. The molecule has 0 unspecified atom stereocenters. The van der Waals surface area contributed by atoms with Crippen molar-refractivity contribution in [2.24, 2.45) is 0 Å². The van der Waals surface area contributed by atoms with Crippen molar-refractivity contribution in [3.05, 3.63) is 140 Å². The van der Waals surface area contributed by atoms with Gasteiger partial charge in [-0.1, -0.05) is 84.9 Å². The van der Waals surface area contributed by atoms with Gasteiger partial charge in [-0.15, -0.1) is 0 Å². The van der Waals surface area contributed by atoms with E-state index in [2.05, 4.69) is 176 Å². The van der Waals surface area contributed by atoms with Crippen molar-refractivity contribution in [1.82, 2.24) is 9.13 Å². The van der Waals surface area contributed by atoms with Crippen LogP contribution < -0.4 is 5.46 Å². The predicted octanol–water partition coefficient (Wildman–Crippen LogP) is 9.85. The Kier molecular flexibility index (Phi) is 6.11. The fourth-order valence-electron chi connectivity index (χ4n) is 7.28. The molecule has 1 fully saturated rings. The first kappa shape index (κ1) is 28.2. The van der Waals surface area contributed by atoms with Gasteiger partial charge in [0.2, 0.25) is 0 Å². The van der Waals surface area contributed by atoms with Crippen molar-refractivity contribution in [1.29, 1.82) is 0 Å². The third-order valence-corrected chi connectivity index (χ3v) is 10.4. The molecule has 0 spiro atoms. The van der Waals surface area contributed by atoms with Crippen molar-refractivity contribution in [2.75, 3.05) is 0 Å². The second kappa shape index (κ2) is 10.2. The lowest BCUT2D eigenvalue weighted by molar-refractivity contribution is 0.00578. The van der Waals surface area contributed by atoms with E-state index >= 15 is 0 Å². The Balaban J connectivity index is 1.22. The zero-order valence-electron chi connectivity index (χ0n) is 27.1. The standard InChI is InChI=1S/C42H35BN2O2/c1-41(2)42(3,4)47-43(46-41)35-18-10-13-21-40(35)45-37-20-12-9-17-32(37)34-27-29(23-25-39(34)45)28-22-24-38-33(26-28)31-16-8-11-19-36(31)44(38)30-14-6-5-7-15-30/h5-27H,1-4H3. The van der Waals surface area contributed by atoms with Crippen LogP contribution in [0.15, 0.2) is 140 Å². The summed E-state index contributed by atoms with van der Waals surface area (Å²) in [6, 6.07) is 50.2. The van der Waals surface area contributed by atoms with Gasteiger partial charge in [0.1, 0.15) is 0 Å². The zero-order valence-corrected chi connectivity index (χ0v) is 27.1. The van der Waals surface area contributed by atoms with Gasteiger partial charge in [-0.3, -0.25) is 0 Å². The third-order valence-electron chi connectivity index (χ3n) is 10.4. The summed E-state index contributed by atoms with van der Waals surface area (Å²) in [5.41, 5.74) is 9.54. The lowest BCUT2D eigenvalue weighted by atomic mass is 9.77. The van der Waals surface area contributed by atoms with E-state index in [0.29, 0.717) is 0 Å². The molecule has 0 N–H and O–H groups in total. The smallest absolute Gasteiger partial charge is 0.399 e. The molecule has 0 radical (unpaired) electrons. The molecule has 4 nitrogen and oxygen atoms in total. The summed E-state index contributed by atoms with van der Waals surface area (Å²) in [6.07, 6.45) is 0. The minimum Gasteiger partial charge on any atom is -0.399 e. The van der Waals surface area contributed by atoms with E-state index in [1.807, 2.05) is 0 Å². The Morgan fingerprint density at radius 1 is 0.447 bits per heavy atom. The number of hydrogen-bond donors (Lipinski definition) is 0. The number of para-hydroxylation sites is 4. The molecule has 2 aromatic heterocycles. The van der Waals surface area contributed by atoms with Gasteiger partial charge in [-0.25, -0.2) is 0 Å². The molecule has 9 rings (SSSR count). The second-order valence-corrected chi connectivity index (χ2v) is 13.7. The molecule has 1 aliphatic heterocycles. The third kappa shape index (κ3) is 4.24. The number of hydrogen-bond acceptors (Lipinski definition) is 2. The van der Waals surface area contributed by atoms with Gasteiger partial charge in [-0.2, -0.15) is 0 Å². The van der Waals surface area contributed by atoms with Crippen LogP contribution in [0.5, 0.6) is 0 Å². The molecule has 1 aliphatic rings. The monoisotopic (exact) mass is 610 g/mol. The zero-order chi connectivity index (χ0) is 31.9. The molecule has 47 heavy (non-hydrogen) atoms. The van der Waals surface area contributed by atoms with Crippen molar-refractivity contribution in [3.8, 4) is 22.5 Å². The van der Waals surface area contributed by atoms with E-state index in [0.717, 1.165) is 22.2 Å². The molecule has 228 valence electrons. The van der Waals surface area contributed by atoms with Gasteiger partial charge in [0.05, 0.1) is 33.3 Å². The van der Waals surface area contributed by atoms with Gasteiger partial charge in [0.25, 0.3) is 0 Å². The van der Waals surface area contributed by atoms with Crippen LogP contribution in [0.2, 0.25) is 0 Å². The van der Waals surface area contributed by atoms with Crippen molar-refractivity contribution in [3.63, 3.8) is 0 Å². The van der Waals surface area contributed by atoms with Gasteiger partial charge in [0, 0.05) is 38.4 Å². The molecule has 0 aliphatic carbocycles. The van der Waals surface area contributed by atoms with E-state index < -0.39 is 18.3 Å². The highest BCUT2D eigenvalue weighted by atomic mass is 16.7. The maximum Gasteiger partial charge on any atom is 0.496 e. The summed E-state index contributed by atoms with van der Waals surface area (Å²) in [7, 11) is -0.462. The summed E-state index contributed by atoms with van der Waals surface area (Å²) >= 11 is 0. The number of fused-ring (bicyclic) bond motifs is 6. The van der Waals surface area contributed by atoms with Crippen LogP contribution >= 0.6 is 0 Å². The number of benzene rings is 6. The first-order chi connectivity index (χ1) is 22.8. The maximum absolute atomic E-state index is 6.55.